The Morgan fingerprint density at radius 3 is 1.79 bits per heavy atom. The second kappa shape index (κ2) is 13.6. The Bertz CT molecular complexity index is 2720. The largest absolute Gasteiger partial charge is 0.235 e. The van der Waals surface area contributed by atoms with E-state index in [4.69, 9.17) is 24.9 Å². The predicted octanol–water partition coefficient (Wildman–Crippen LogP) is 11.4. The highest BCUT2D eigenvalue weighted by Gasteiger charge is 2.18. The van der Waals surface area contributed by atoms with E-state index in [2.05, 4.69) is 54.6 Å². The zero-order valence-electron chi connectivity index (χ0n) is 27.5. The summed E-state index contributed by atoms with van der Waals surface area (Å²) in [5.41, 5.74) is 5.79. The van der Waals surface area contributed by atoms with Gasteiger partial charge in [-0.3, -0.25) is 0 Å². The molecule has 244 valence electrons. The third-order valence-corrected chi connectivity index (χ3v) is 10.9. The van der Waals surface area contributed by atoms with Gasteiger partial charge in [-0.25, -0.2) is 24.9 Å². The van der Waals surface area contributed by atoms with Gasteiger partial charge >= 0.3 is 0 Å². The van der Waals surface area contributed by atoms with Crippen LogP contribution < -0.4 is 0 Å². The standard InChI is InChI=1S/C44H26N6S2/c45-26-32-16-10-11-19-34(32)40-39(51-33-17-8-3-9-18-33)27-46-41(47-40)30-21-23-37-36(24-30)35-22-20-31(25-38(35)52-37)44-49-42(28-12-4-1-5-13-28)48-43(50-44)29-14-6-2-7-15-29/h1-25,27H. The van der Waals surface area contributed by atoms with E-state index in [1.165, 1.54) is 0 Å². The molecule has 0 saturated carbocycles. The van der Waals surface area contributed by atoms with E-state index in [-0.39, 0.29) is 0 Å². The molecule has 6 nitrogen and oxygen atoms in total. The summed E-state index contributed by atoms with van der Waals surface area (Å²) in [6, 6.07) is 52.9. The summed E-state index contributed by atoms with van der Waals surface area (Å²) in [7, 11) is 0. The number of hydrogen-bond acceptors (Lipinski definition) is 8. The number of fused-ring (bicyclic) bond motifs is 3. The van der Waals surface area contributed by atoms with Crippen molar-refractivity contribution in [2.75, 3.05) is 0 Å². The Kier molecular flexibility index (Phi) is 8.25. The Hall–Kier alpha value is -6.53. The lowest BCUT2D eigenvalue weighted by atomic mass is 10.0. The van der Waals surface area contributed by atoms with Crippen LogP contribution in [-0.4, -0.2) is 24.9 Å². The lowest BCUT2D eigenvalue weighted by Gasteiger charge is -2.12. The van der Waals surface area contributed by atoms with Gasteiger partial charge in [-0.15, -0.1) is 11.3 Å². The van der Waals surface area contributed by atoms with E-state index < -0.39 is 0 Å². The van der Waals surface area contributed by atoms with E-state index in [1.54, 1.807) is 23.1 Å². The topological polar surface area (TPSA) is 88.2 Å². The Labute approximate surface area is 308 Å². The Morgan fingerprint density at radius 2 is 1.10 bits per heavy atom. The third-order valence-electron chi connectivity index (χ3n) is 8.72. The molecule has 6 aromatic carbocycles. The first-order valence-corrected chi connectivity index (χ1v) is 18.3. The van der Waals surface area contributed by atoms with Crippen LogP contribution in [0.25, 0.3) is 77.0 Å². The van der Waals surface area contributed by atoms with Gasteiger partial charge in [0.1, 0.15) is 0 Å². The van der Waals surface area contributed by atoms with Gasteiger partial charge in [-0.2, -0.15) is 5.26 Å². The molecule has 52 heavy (non-hydrogen) atoms. The van der Waals surface area contributed by atoms with Gasteiger partial charge in [0.2, 0.25) is 0 Å². The third kappa shape index (κ3) is 6.09. The van der Waals surface area contributed by atoms with Crippen molar-refractivity contribution < 1.29 is 0 Å². The van der Waals surface area contributed by atoms with Crippen molar-refractivity contribution in [3.8, 4) is 62.9 Å². The van der Waals surface area contributed by atoms with Crippen LogP contribution in [0, 0.1) is 11.3 Å². The number of nitrogens with zero attached hydrogens (tertiary/aromatic N) is 6. The Balaban J connectivity index is 1.13. The van der Waals surface area contributed by atoms with Crippen LogP contribution in [0.2, 0.25) is 0 Å². The molecule has 0 atom stereocenters. The minimum Gasteiger partial charge on any atom is -0.235 e. The number of rotatable bonds is 7. The summed E-state index contributed by atoms with van der Waals surface area (Å²) in [4.78, 5) is 26.6. The van der Waals surface area contributed by atoms with Gasteiger partial charge in [0.15, 0.2) is 23.3 Å². The smallest absolute Gasteiger partial charge is 0.164 e. The normalized spacial score (nSPS) is 11.1. The molecule has 8 heteroatoms. The maximum atomic E-state index is 9.96. The average Bonchev–Trinajstić information content (AvgIpc) is 3.59. The molecule has 0 N–H and O–H groups in total. The van der Waals surface area contributed by atoms with Crippen LogP contribution in [-0.2, 0) is 0 Å². The summed E-state index contributed by atoms with van der Waals surface area (Å²) in [5.74, 6) is 2.50. The highest BCUT2D eigenvalue weighted by Crippen LogP contribution is 2.40. The van der Waals surface area contributed by atoms with Gasteiger partial charge < -0.3 is 0 Å². The van der Waals surface area contributed by atoms with Crippen molar-refractivity contribution in [1.82, 2.24) is 24.9 Å². The van der Waals surface area contributed by atoms with Gasteiger partial charge in [0.25, 0.3) is 0 Å². The van der Waals surface area contributed by atoms with Gasteiger partial charge in [-0.1, -0.05) is 121 Å². The molecule has 9 aromatic rings. The van der Waals surface area contributed by atoms with Crippen LogP contribution in [0.3, 0.4) is 0 Å². The molecule has 0 fully saturated rings. The van der Waals surface area contributed by atoms with Crippen LogP contribution in [0.15, 0.2) is 168 Å². The van der Waals surface area contributed by atoms with E-state index in [1.807, 2.05) is 109 Å². The molecule has 0 aliphatic carbocycles. The molecule has 3 aromatic heterocycles. The van der Waals surface area contributed by atoms with Crippen molar-refractivity contribution in [3.05, 3.63) is 163 Å². The molecule has 0 amide bonds. The fourth-order valence-corrected chi connectivity index (χ4v) is 8.20. The molecular formula is C44H26N6S2. The fourth-order valence-electron chi connectivity index (χ4n) is 6.17. The number of thiophene rings is 1. The summed E-state index contributed by atoms with van der Waals surface area (Å²) in [6.07, 6.45) is 1.87. The van der Waals surface area contributed by atoms with E-state index in [0.717, 1.165) is 63.5 Å². The maximum Gasteiger partial charge on any atom is 0.164 e. The van der Waals surface area contributed by atoms with Crippen LogP contribution in [0.1, 0.15) is 5.56 Å². The van der Waals surface area contributed by atoms with Gasteiger partial charge in [0.05, 0.1) is 22.2 Å². The maximum absolute atomic E-state index is 9.96. The number of nitriles is 1. The van der Waals surface area contributed by atoms with Gasteiger partial charge in [-0.05, 0) is 42.5 Å². The SMILES string of the molecule is N#Cc1ccccc1-c1nc(-c2ccc3sc4cc(-c5nc(-c6ccccc6)nc(-c6ccccc6)n5)ccc4c3c2)ncc1Sc1ccccc1. The van der Waals surface area contributed by atoms with Crippen LogP contribution in [0.4, 0.5) is 0 Å². The van der Waals surface area contributed by atoms with Crippen molar-refractivity contribution in [1.29, 1.82) is 5.26 Å². The molecule has 9 rings (SSSR count). The highest BCUT2D eigenvalue weighted by atomic mass is 32.2. The minimum absolute atomic E-state index is 0.571. The minimum atomic E-state index is 0.571. The van der Waals surface area contributed by atoms with Crippen LogP contribution >= 0.6 is 23.1 Å². The van der Waals surface area contributed by atoms with Crippen molar-refractivity contribution >= 4 is 43.3 Å². The van der Waals surface area contributed by atoms with Crippen LogP contribution in [0.5, 0.6) is 0 Å². The summed E-state index contributed by atoms with van der Waals surface area (Å²) in [5, 5.41) is 12.2. The van der Waals surface area contributed by atoms with Crippen molar-refractivity contribution in [3.63, 3.8) is 0 Å². The lowest BCUT2D eigenvalue weighted by molar-refractivity contribution is 1.07. The monoisotopic (exact) mass is 702 g/mol. The number of benzene rings is 6. The second-order valence-electron chi connectivity index (χ2n) is 12.0. The molecule has 0 bridgehead atoms. The van der Waals surface area contributed by atoms with Crippen molar-refractivity contribution in [2.24, 2.45) is 0 Å². The first-order valence-electron chi connectivity index (χ1n) is 16.6. The fraction of sp³-hybridized carbons (Fsp3) is 0. The first kappa shape index (κ1) is 31.5. The number of aromatic nitrogens is 5. The van der Waals surface area contributed by atoms with E-state index in [0.29, 0.717) is 28.9 Å². The highest BCUT2D eigenvalue weighted by molar-refractivity contribution is 7.99. The molecule has 0 unspecified atom stereocenters. The summed E-state index contributed by atoms with van der Waals surface area (Å²) in [6.45, 7) is 0. The van der Waals surface area contributed by atoms with E-state index in [9.17, 15) is 5.26 Å². The predicted molar refractivity (Wildman–Crippen MR) is 211 cm³/mol. The zero-order valence-corrected chi connectivity index (χ0v) is 29.1. The molecule has 0 spiro atoms. The summed E-state index contributed by atoms with van der Waals surface area (Å²) >= 11 is 3.32. The summed E-state index contributed by atoms with van der Waals surface area (Å²) < 4.78 is 2.29. The first-order chi connectivity index (χ1) is 25.7. The lowest BCUT2D eigenvalue weighted by Crippen LogP contribution is -1.99. The molecule has 3 heterocycles. The molecule has 0 saturated heterocycles. The van der Waals surface area contributed by atoms with Crippen molar-refractivity contribution in [2.45, 2.75) is 9.79 Å². The average molecular weight is 703 g/mol. The molecular weight excluding hydrogens is 677 g/mol. The Morgan fingerprint density at radius 1 is 0.500 bits per heavy atom. The van der Waals surface area contributed by atoms with Gasteiger partial charge in [0, 0.05) is 59.1 Å². The quantitative estimate of drug-likeness (QED) is 0.163. The second-order valence-corrected chi connectivity index (χ2v) is 14.2. The zero-order chi connectivity index (χ0) is 34.9. The molecule has 0 aliphatic rings. The number of hydrogen-bond donors (Lipinski definition) is 0. The molecule has 0 aliphatic heterocycles. The van der Waals surface area contributed by atoms with E-state index >= 15 is 0 Å². The molecule has 0 radical (unpaired) electrons.